The topological polar surface area (TPSA) is 79.4 Å². The Morgan fingerprint density at radius 2 is 1.79 bits per heavy atom. The van der Waals surface area contributed by atoms with Crippen LogP contribution in [0.25, 0.3) is 0 Å². The van der Waals surface area contributed by atoms with E-state index in [1.807, 2.05) is 17.0 Å². The lowest BCUT2D eigenvalue weighted by atomic mass is 10.1. The predicted molar refractivity (Wildman–Crippen MR) is 111 cm³/mol. The number of nitrogens with one attached hydrogen (secondary N) is 1. The van der Waals surface area contributed by atoms with Gasteiger partial charge in [-0.2, -0.15) is 0 Å². The molecule has 0 aliphatic carbocycles. The second-order valence-corrected chi connectivity index (χ2v) is 9.69. The van der Waals surface area contributed by atoms with Crippen molar-refractivity contribution in [3.8, 4) is 0 Å². The zero-order valence-corrected chi connectivity index (χ0v) is 17.4. The largest absolute Gasteiger partial charge is 0.365 e. The number of rotatable bonds is 6. The van der Waals surface area contributed by atoms with E-state index in [-0.39, 0.29) is 11.7 Å². The Labute approximate surface area is 170 Å². The van der Waals surface area contributed by atoms with E-state index in [9.17, 15) is 13.2 Å². The third-order valence-electron chi connectivity index (χ3n) is 4.64. The monoisotopic (exact) mass is 421 g/mol. The van der Waals surface area contributed by atoms with E-state index in [2.05, 4.69) is 10.3 Å². The molecule has 1 saturated heterocycles. The molecule has 1 aliphatic rings. The minimum absolute atomic E-state index is 0.0258. The Balaban J connectivity index is 1.61. The molecule has 1 N–H and O–H groups in total. The maximum atomic E-state index is 12.5. The molecule has 3 rings (SSSR count). The number of amides is 1. The predicted octanol–water partition coefficient (Wildman–Crippen LogP) is 3.52. The number of hydrogen-bond acceptors (Lipinski definition) is 5. The summed E-state index contributed by atoms with van der Waals surface area (Å²) in [5.41, 5.74) is 2.23. The van der Waals surface area contributed by atoms with Crippen LogP contribution in [0, 0.1) is 0 Å². The van der Waals surface area contributed by atoms with Crippen molar-refractivity contribution < 1.29 is 13.2 Å². The third kappa shape index (κ3) is 5.69. The third-order valence-corrected chi connectivity index (χ3v) is 5.79. The van der Waals surface area contributed by atoms with Crippen molar-refractivity contribution in [3.05, 3.63) is 58.2 Å². The molecule has 0 bridgehead atoms. The number of carbonyl (C=O) groups is 1. The fourth-order valence-electron chi connectivity index (χ4n) is 3.21. The van der Waals surface area contributed by atoms with Crippen LogP contribution in [0.2, 0.25) is 5.02 Å². The molecular weight excluding hydrogens is 398 g/mol. The molecule has 6 nitrogen and oxygen atoms in total. The van der Waals surface area contributed by atoms with E-state index in [0.29, 0.717) is 22.9 Å². The highest BCUT2D eigenvalue weighted by Gasteiger charge is 2.19. The van der Waals surface area contributed by atoms with Gasteiger partial charge in [-0.3, -0.25) is 4.79 Å². The summed E-state index contributed by atoms with van der Waals surface area (Å²) in [6, 6.07) is 9.00. The van der Waals surface area contributed by atoms with Crippen molar-refractivity contribution in [1.82, 2.24) is 9.88 Å². The number of likely N-dealkylation sites (tertiary alicyclic amines) is 1. The smallest absolute Gasteiger partial charge is 0.255 e. The molecule has 1 aliphatic heterocycles. The molecule has 1 amide bonds. The number of carbonyl (C=O) groups excluding carboxylic acids is 1. The molecule has 0 radical (unpaired) electrons. The highest BCUT2D eigenvalue weighted by Crippen LogP contribution is 2.22. The highest BCUT2D eigenvalue weighted by atomic mass is 35.5. The summed E-state index contributed by atoms with van der Waals surface area (Å²) >= 11 is 6.31. The van der Waals surface area contributed by atoms with Gasteiger partial charge in [-0.15, -0.1) is 0 Å². The number of nitrogens with zero attached hydrogens (tertiary/aromatic N) is 2. The van der Waals surface area contributed by atoms with Crippen molar-refractivity contribution in [2.75, 3.05) is 24.7 Å². The van der Waals surface area contributed by atoms with Gasteiger partial charge < -0.3 is 10.2 Å². The lowest BCUT2D eigenvalue weighted by Crippen LogP contribution is -2.35. The van der Waals surface area contributed by atoms with Gasteiger partial charge in [-0.1, -0.05) is 35.9 Å². The van der Waals surface area contributed by atoms with Crippen LogP contribution < -0.4 is 5.32 Å². The molecule has 0 atom stereocenters. The SMILES string of the molecule is CS(=O)(=O)Cc1ccc(CNc2ncc(C(=O)N3CCCCC3)cc2Cl)cc1. The van der Waals surface area contributed by atoms with Crippen LogP contribution in [0.15, 0.2) is 36.5 Å². The molecule has 1 aromatic heterocycles. The minimum Gasteiger partial charge on any atom is -0.365 e. The summed E-state index contributed by atoms with van der Waals surface area (Å²) < 4.78 is 22.7. The number of halogens is 1. The van der Waals surface area contributed by atoms with Crippen LogP contribution in [0.4, 0.5) is 5.82 Å². The maximum absolute atomic E-state index is 12.5. The van der Waals surface area contributed by atoms with E-state index in [0.717, 1.165) is 37.1 Å². The molecule has 28 heavy (non-hydrogen) atoms. The molecule has 1 fully saturated rings. The van der Waals surface area contributed by atoms with E-state index < -0.39 is 9.84 Å². The van der Waals surface area contributed by atoms with Gasteiger partial charge >= 0.3 is 0 Å². The number of benzene rings is 1. The second kappa shape index (κ2) is 8.92. The van der Waals surface area contributed by atoms with E-state index in [1.165, 1.54) is 12.7 Å². The van der Waals surface area contributed by atoms with Crippen molar-refractivity contribution in [3.63, 3.8) is 0 Å². The fraction of sp³-hybridized carbons (Fsp3) is 0.400. The van der Waals surface area contributed by atoms with E-state index in [1.54, 1.807) is 24.4 Å². The Morgan fingerprint density at radius 3 is 2.39 bits per heavy atom. The quantitative estimate of drug-likeness (QED) is 0.771. The van der Waals surface area contributed by atoms with Crippen molar-refractivity contribution in [2.45, 2.75) is 31.6 Å². The van der Waals surface area contributed by atoms with Gasteiger partial charge in [0.2, 0.25) is 0 Å². The first-order chi connectivity index (χ1) is 13.3. The molecule has 2 heterocycles. The van der Waals surface area contributed by atoms with Gasteiger partial charge in [0.05, 0.1) is 16.3 Å². The lowest BCUT2D eigenvalue weighted by Gasteiger charge is -2.26. The van der Waals surface area contributed by atoms with Crippen LogP contribution in [-0.4, -0.2) is 43.6 Å². The van der Waals surface area contributed by atoms with E-state index >= 15 is 0 Å². The maximum Gasteiger partial charge on any atom is 0.255 e. The average Bonchev–Trinajstić information content (AvgIpc) is 2.67. The number of pyridine rings is 1. The second-order valence-electron chi connectivity index (χ2n) is 7.15. The Hall–Kier alpha value is -2.12. The highest BCUT2D eigenvalue weighted by molar-refractivity contribution is 7.89. The molecule has 150 valence electrons. The Bertz CT molecular complexity index is 940. The summed E-state index contributed by atoms with van der Waals surface area (Å²) in [7, 11) is -3.04. The molecule has 8 heteroatoms. The summed E-state index contributed by atoms with van der Waals surface area (Å²) in [5.74, 6) is 0.514. The number of sulfone groups is 1. The summed E-state index contributed by atoms with van der Waals surface area (Å²) in [6.45, 7) is 2.06. The minimum atomic E-state index is -3.04. The molecule has 0 unspecified atom stereocenters. The van der Waals surface area contributed by atoms with Gasteiger partial charge in [0.25, 0.3) is 5.91 Å². The molecule has 1 aromatic carbocycles. The Kier molecular flexibility index (Phi) is 6.57. The number of piperidine rings is 1. The van der Waals surface area contributed by atoms with Crippen molar-refractivity contribution in [1.29, 1.82) is 0 Å². The molecule has 2 aromatic rings. The van der Waals surface area contributed by atoms with Crippen LogP contribution in [-0.2, 0) is 22.1 Å². The lowest BCUT2D eigenvalue weighted by molar-refractivity contribution is 0.0724. The van der Waals surface area contributed by atoms with Crippen LogP contribution in [0.1, 0.15) is 40.7 Å². The summed E-state index contributed by atoms with van der Waals surface area (Å²) in [5, 5.41) is 3.56. The van der Waals surface area contributed by atoms with Gasteiger partial charge in [-0.05, 0) is 36.5 Å². The van der Waals surface area contributed by atoms with E-state index in [4.69, 9.17) is 11.6 Å². The standard InChI is InChI=1S/C20H24ClN3O3S/c1-28(26,27)14-16-7-5-15(6-8-16)12-22-19-18(21)11-17(13-23-19)20(25)24-9-3-2-4-10-24/h5-8,11,13H,2-4,9-10,12,14H2,1H3,(H,22,23). The average molecular weight is 422 g/mol. The summed E-state index contributed by atoms with van der Waals surface area (Å²) in [4.78, 5) is 18.7. The van der Waals surface area contributed by atoms with Crippen molar-refractivity contribution >= 4 is 33.2 Å². The van der Waals surface area contributed by atoms with Gasteiger partial charge in [-0.25, -0.2) is 13.4 Å². The zero-order chi connectivity index (χ0) is 20.1. The zero-order valence-electron chi connectivity index (χ0n) is 15.8. The number of anilines is 1. The first-order valence-electron chi connectivity index (χ1n) is 9.26. The van der Waals surface area contributed by atoms with Gasteiger partial charge in [0, 0.05) is 32.1 Å². The number of hydrogen-bond donors (Lipinski definition) is 1. The van der Waals surface area contributed by atoms with Crippen LogP contribution >= 0.6 is 11.6 Å². The van der Waals surface area contributed by atoms with Crippen LogP contribution in [0.5, 0.6) is 0 Å². The molecule has 0 saturated carbocycles. The first-order valence-corrected chi connectivity index (χ1v) is 11.7. The van der Waals surface area contributed by atoms with Crippen LogP contribution in [0.3, 0.4) is 0 Å². The van der Waals surface area contributed by atoms with Gasteiger partial charge in [0.1, 0.15) is 5.82 Å². The summed E-state index contributed by atoms with van der Waals surface area (Å²) in [6.07, 6.45) is 6.02. The fourth-order valence-corrected chi connectivity index (χ4v) is 4.24. The van der Waals surface area contributed by atoms with Gasteiger partial charge in [0.15, 0.2) is 9.84 Å². The Morgan fingerprint density at radius 1 is 1.14 bits per heavy atom. The number of aromatic nitrogens is 1. The molecular formula is C20H24ClN3O3S. The normalized spacial score (nSPS) is 14.7. The van der Waals surface area contributed by atoms with Crippen molar-refractivity contribution in [2.24, 2.45) is 0 Å². The molecule has 0 spiro atoms. The first kappa shape index (κ1) is 20.6.